The number of urea groups is 1. The van der Waals surface area contributed by atoms with Gasteiger partial charge in [0.2, 0.25) is 0 Å². The van der Waals surface area contributed by atoms with Gasteiger partial charge in [-0.1, -0.05) is 0 Å². The van der Waals surface area contributed by atoms with Crippen LogP contribution in [0.25, 0.3) is 0 Å². The van der Waals surface area contributed by atoms with Crippen molar-refractivity contribution in [2.45, 2.75) is 37.8 Å². The Bertz CT molecular complexity index is 304. The fraction of sp³-hybridized carbons (Fsp3) is 0.818. The first kappa shape index (κ1) is 12.2. The molecular weight excluding hydrogens is 224 g/mol. The lowest BCUT2D eigenvalue weighted by Crippen LogP contribution is -2.53. The van der Waals surface area contributed by atoms with Gasteiger partial charge >= 0.3 is 12.0 Å². The molecule has 1 heterocycles. The van der Waals surface area contributed by atoms with Crippen molar-refractivity contribution in [1.82, 2.24) is 10.2 Å². The summed E-state index contributed by atoms with van der Waals surface area (Å²) in [7, 11) is 0. The van der Waals surface area contributed by atoms with Crippen LogP contribution < -0.4 is 5.32 Å². The van der Waals surface area contributed by atoms with Crippen LogP contribution in [0, 0.1) is 0 Å². The van der Waals surface area contributed by atoms with Crippen LogP contribution in [0.3, 0.4) is 0 Å². The summed E-state index contributed by atoms with van der Waals surface area (Å²) in [5.74, 6) is -0.892. The van der Waals surface area contributed by atoms with Gasteiger partial charge < -0.3 is 20.1 Å². The largest absolute Gasteiger partial charge is 0.481 e. The maximum absolute atomic E-state index is 11.8. The molecule has 0 spiro atoms. The van der Waals surface area contributed by atoms with Gasteiger partial charge in [0.25, 0.3) is 0 Å². The molecule has 96 valence electrons. The molecule has 0 aromatic rings. The molecule has 2 rings (SSSR count). The van der Waals surface area contributed by atoms with Crippen LogP contribution in [0.2, 0.25) is 0 Å². The van der Waals surface area contributed by atoms with Gasteiger partial charge in [0, 0.05) is 19.1 Å². The summed E-state index contributed by atoms with van der Waals surface area (Å²) in [5, 5.41) is 11.6. The molecule has 2 aliphatic rings. The Kier molecular flexibility index (Phi) is 3.83. The van der Waals surface area contributed by atoms with Gasteiger partial charge in [-0.2, -0.15) is 0 Å². The van der Waals surface area contributed by atoms with Crippen molar-refractivity contribution in [3.8, 4) is 0 Å². The molecule has 2 fully saturated rings. The standard InChI is InChI=1S/C11H18N2O4/c14-10(15)6-9-7-13(4-5-17-9)11(16)12-8-2-1-3-8/h8-9H,1-7H2,(H,12,16)(H,14,15). The summed E-state index contributed by atoms with van der Waals surface area (Å²) in [5.41, 5.74) is 0. The van der Waals surface area contributed by atoms with Crippen molar-refractivity contribution in [1.29, 1.82) is 0 Å². The van der Waals surface area contributed by atoms with E-state index in [1.807, 2.05) is 0 Å². The molecule has 0 bridgehead atoms. The number of nitrogens with one attached hydrogen (secondary N) is 1. The lowest BCUT2D eigenvalue weighted by atomic mass is 9.93. The average Bonchev–Trinajstić information content (AvgIpc) is 2.22. The molecule has 0 aromatic heterocycles. The second-order valence-electron chi connectivity index (χ2n) is 4.61. The molecule has 1 atom stereocenters. The van der Waals surface area contributed by atoms with E-state index in [1.165, 1.54) is 6.42 Å². The van der Waals surface area contributed by atoms with E-state index in [0.29, 0.717) is 25.7 Å². The zero-order valence-electron chi connectivity index (χ0n) is 9.72. The number of ether oxygens (including phenoxy) is 1. The second-order valence-corrected chi connectivity index (χ2v) is 4.61. The first-order valence-electron chi connectivity index (χ1n) is 6.04. The number of nitrogens with zero attached hydrogens (tertiary/aromatic N) is 1. The Morgan fingerprint density at radius 1 is 1.41 bits per heavy atom. The van der Waals surface area contributed by atoms with E-state index in [1.54, 1.807) is 4.90 Å². The van der Waals surface area contributed by atoms with Gasteiger partial charge in [-0.3, -0.25) is 4.79 Å². The van der Waals surface area contributed by atoms with E-state index in [4.69, 9.17) is 9.84 Å². The molecule has 1 saturated carbocycles. The summed E-state index contributed by atoms with van der Waals surface area (Å²) in [6, 6.07) is 0.219. The lowest BCUT2D eigenvalue weighted by Gasteiger charge is -2.35. The Morgan fingerprint density at radius 2 is 2.18 bits per heavy atom. The molecule has 17 heavy (non-hydrogen) atoms. The van der Waals surface area contributed by atoms with Crippen molar-refractivity contribution < 1.29 is 19.4 Å². The maximum atomic E-state index is 11.8. The van der Waals surface area contributed by atoms with E-state index in [-0.39, 0.29) is 18.6 Å². The number of hydrogen-bond acceptors (Lipinski definition) is 3. The third-order valence-electron chi connectivity index (χ3n) is 3.26. The van der Waals surface area contributed by atoms with Crippen molar-refractivity contribution in [2.24, 2.45) is 0 Å². The van der Waals surface area contributed by atoms with Crippen LogP contribution in [0.1, 0.15) is 25.7 Å². The van der Waals surface area contributed by atoms with Crippen LogP contribution in [-0.4, -0.2) is 53.8 Å². The number of carboxylic acids is 1. The van der Waals surface area contributed by atoms with Gasteiger partial charge in [0.1, 0.15) is 0 Å². The molecule has 1 unspecified atom stereocenters. The minimum Gasteiger partial charge on any atom is -0.481 e. The predicted octanol–water partition coefficient (Wildman–Crippen LogP) is 0.424. The number of hydrogen-bond donors (Lipinski definition) is 2. The first-order chi connectivity index (χ1) is 8.15. The summed E-state index contributed by atoms with van der Waals surface area (Å²) in [6.45, 7) is 1.32. The highest BCUT2D eigenvalue weighted by Gasteiger charge is 2.28. The van der Waals surface area contributed by atoms with Crippen molar-refractivity contribution in [2.75, 3.05) is 19.7 Å². The summed E-state index contributed by atoms with van der Waals surface area (Å²) in [6.07, 6.45) is 2.85. The zero-order valence-corrected chi connectivity index (χ0v) is 9.72. The topological polar surface area (TPSA) is 78.9 Å². The highest BCUT2D eigenvalue weighted by molar-refractivity contribution is 5.75. The highest BCUT2D eigenvalue weighted by atomic mass is 16.5. The van der Waals surface area contributed by atoms with Crippen molar-refractivity contribution in [3.63, 3.8) is 0 Å². The highest BCUT2D eigenvalue weighted by Crippen LogP contribution is 2.18. The van der Waals surface area contributed by atoms with Crippen LogP contribution in [-0.2, 0) is 9.53 Å². The fourth-order valence-electron chi connectivity index (χ4n) is 2.04. The molecule has 1 saturated heterocycles. The summed E-state index contributed by atoms with van der Waals surface area (Å²) < 4.78 is 5.31. The van der Waals surface area contributed by atoms with Crippen LogP contribution in [0.4, 0.5) is 4.79 Å². The minimum atomic E-state index is -0.892. The number of carbonyl (C=O) groups excluding carboxylic acids is 1. The summed E-state index contributed by atoms with van der Waals surface area (Å²) in [4.78, 5) is 24.1. The molecule has 2 N–H and O–H groups in total. The van der Waals surface area contributed by atoms with Gasteiger partial charge in [-0.15, -0.1) is 0 Å². The van der Waals surface area contributed by atoms with Gasteiger partial charge in [-0.25, -0.2) is 4.79 Å². The molecule has 6 heteroatoms. The molecule has 6 nitrogen and oxygen atoms in total. The number of rotatable bonds is 3. The second kappa shape index (κ2) is 5.35. The Labute approximate surface area is 99.9 Å². The molecule has 0 radical (unpaired) electrons. The Balaban J connectivity index is 1.78. The lowest BCUT2D eigenvalue weighted by molar-refractivity contribution is -0.141. The van der Waals surface area contributed by atoms with Gasteiger partial charge in [0.15, 0.2) is 0 Å². The van der Waals surface area contributed by atoms with Crippen LogP contribution in [0.15, 0.2) is 0 Å². The third kappa shape index (κ3) is 3.33. The molecule has 1 aliphatic heterocycles. The summed E-state index contributed by atoms with van der Waals surface area (Å²) >= 11 is 0. The predicted molar refractivity (Wildman–Crippen MR) is 59.7 cm³/mol. The van der Waals surface area contributed by atoms with E-state index >= 15 is 0 Å². The average molecular weight is 242 g/mol. The minimum absolute atomic E-state index is 0.0484. The number of carboxylic acid groups (broad SMARTS) is 1. The SMILES string of the molecule is O=C(O)CC1CN(C(=O)NC2CCC2)CCO1. The molecular formula is C11H18N2O4. The van der Waals surface area contributed by atoms with E-state index in [2.05, 4.69) is 5.32 Å². The van der Waals surface area contributed by atoms with E-state index in [9.17, 15) is 9.59 Å². The molecule has 0 aromatic carbocycles. The van der Waals surface area contributed by atoms with Crippen molar-refractivity contribution in [3.05, 3.63) is 0 Å². The molecule has 2 amide bonds. The normalized spacial score (nSPS) is 25.2. The smallest absolute Gasteiger partial charge is 0.317 e. The third-order valence-corrected chi connectivity index (χ3v) is 3.26. The van der Waals surface area contributed by atoms with Crippen molar-refractivity contribution >= 4 is 12.0 Å². The fourth-order valence-corrected chi connectivity index (χ4v) is 2.04. The van der Waals surface area contributed by atoms with Crippen LogP contribution >= 0.6 is 0 Å². The van der Waals surface area contributed by atoms with Gasteiger partial charge in [-0.05, 0) is 19.3 Å². The first-order valence-corrected chi connectivity index (χ1v) is 6.04. The van der Waals surface area contributed by atoms with E-state index < -0.39 is 5.97 Å². The monoisotopic (exact) mass is 242 g/mol. The Morgan fingerprint density at radius 3 is 2.76 bits per heavy atom. The van der Waals surface area contributed by atoms with Crippen LogP contribution in [0.5, 0.6) is 0 Å². The van der Waals surface area contributed by atoms with Gasteiger partial charge in [0.05, 0.1) is 19.1 Å². The maximum Gasteiger partial charge on any atom is 0.317 e. The number of morpholine rings is 1. The molecule has 1 aliphatic carbocycles. The zero-order chi connectivity index (χ0) is 12.3. The van der Waals surface area contributed by atoms with E-state index in [0.717, 1.165) is 12.8 Å². The number of carbonyl (C=O) groups is 2. The quantitative estimate of drug-likeness (QED) is 0.752. The number of aliphatic carboxylic acids is 1. The number of amides is 2. The Hall–Kier alpha value is -1.30.